The number of hydrogen-bond donors (Lipinski definition) is 0. The molecule has 2 heterocycles. The number of benzene rings is 1. The van der Waals surface area contributed by atoms with Crippen molar-refractivity contribution in [2.24, 2.45) is 5.92 Å². The van der Waals surface area contributed by atoms with Crippen molar-refractivity contribution in [1.29, 1.82) is 0 Å². The first-order valence-electron chi connectivity index (χ1n) is 8.85. The van der Waals surface area contributed by atoms with Gasteiger partial charge in [0.05, 0.1) is 5.69 Å². The Kier molecular flexibility index (Phi) is 4.08. The fourth-order valence-corrected chi connectivity index (χ4v) is 4.22. The van der Waals surface area contributed by atoms with Gasteiger partial charge in [0.15, 0.2) is 5.69 Å². The van der Waals surface area contributed by atoms with Crippen molar-refractivity contribution >= 4 is 5.91 Å². The number of amides is 1. The molecule has 24 heavy (non-hydrogen) atoms. The summed E-state index contributed by atoms with van der Waals surface area (Å²) in [6.45, 7) is 0.826. The molecule has 0 spiro atoms. The van der Waals surface area contributed by atoms with Crippen LogP contribution in [0.4, 0.5) is 4.39 Å². The standard InChI is InChI=1S/C19H22FN3O/c20-15-7-3-8-16(13-15)23-12-10-17(21-23)19(24)22-11-4-9-18(22)14-5-1-2-6-14/h3,7-8,10,12-14,18H,1-2,4-6,9,11H2. The van der Waals surface area contributed by atoms with E-state index >= 15 is 0 Å². The molecule has 0 radical (unpaired) electrons. The van der Waals surface area contributed by atoms with Gasteiger partial charge in [0, 0.05) is 18.8 Å². The summed E-state index contributed by atoms with van der Waals surface area (Å²) in [7, 11) is 0. The van der Waals surface area contributed by atoms with E-state index in [-0.39, 0.29) is 11.7 Å². The smallest absolute Gasteiger partial charge is 0.274 e. The second-order valence-electron chi connectivity index (χ2n) is 6.88. The number of nitrogens with zero attached hydrogens (tertiary/aromatic N) is 3. The Balaban J connectivity index is 1.54. The van der Waals surface area contributed by atoms with Gasteiger partial charge in [0.1, 0.15) is 5.82 Å². The van der Waals surface area contributed by atoms with Crippen LogP contribution in [0.5, 0.6) is 0 Å². The van der Waals surface area contributed by atoms with Crippen molar-refractivity contribution in [1.82, 2.24) is 14.7 Å². The highest BCUT2D eigenvalue weighted by atomic mass is 19.1. The summed E-state index contributed by atoms with van der Waals surface area (Å²) in [6, 6.07) is 8.34. The molecule has 1 saturated carbocycles. The van der Waals surface area contributed by atoms with Gasteiger partial charge in [-0.1, -0.05) is 18.9 Å². The normalized spacial score (nSPS) is 21.5. The summed E-state index contributed by atoms with van der Waals surface area (Å²) in [5.41, 5.74) is 1.08. The van der Waals surface area contributed by atoms with Crippen molar-refractivity contribution in [3.05, 3.63) is 48.0 Å². The number of likely N-dealkylation sites (tertiary alicyclic amines) is 1. The molecular formula is C19H22FN3O. The van der Waals surface area contributed by atoms with Crippen LogP contribution in [-0.4, -0.2) is 33.2 Å². The van der Waals surface area contributed by atoms with Crippen LogP contribution in [-0.2, 0) is 0 Å². The van der Waals surface area contributed by atoms with Crippen molar-refractivity contribution in [2.75, 3.05) is 6.54 Å². The number of aromatic nitrogens is 2. The minimum Gasteiger partial charge on any atom is -0.334 e. The molecule has 1 aliphatic heterocycles. The fourth-order valence-electron chi connectivity index (χ4n) is 4.22. The molecule has 1 atom stereocenters. The molecule has 2 fully saturated rings. The van der Waals surface area contributed by atoms with Crippen molar-refractivity contribution < 1.29 is 9.18 Å². The van der Waals surface area contributed by atoms with Gasteiger partial charge in [0.25, 0.3) is 5.91 Å². The number of hydrogen-bond acceptors (Lipinski definition) is 2. The maximum Gasteiger partial charge on any atom is 0.274 e. The molecule has 2 aromatic rings. The highest BCUT2D eigenvalue weighted by Gasteiger charge is 2.36. The molecule has 4 rings (SSSR count). The quantitative estimate of drug-likeness (QED) is 0.860. The van der Waals surface area contributed by atoms with Crippen LogP contribution < -0.4 is 0 Å². The number of halogens is 1. The van der Waals surface area contributed by atoms with Crippen molar-refractivity contribution in [3.63, 3.8) is 0 Å². The predicted octanol–water partition coefficient (Wildman–Crippen LogP) is 3.81. The summed E-state index contributed by atoms with van der Waals surface area (Å²) in [4.78, 5) is 14.9. The first-order chi connectivity index (χ1) is 11.7. The highest BCUT2D eigenvalue weighted by molar-refractivity contribution is 5.92. The first kappa shape index (κ1) is 15.4. The Bertz CT molecular complexity index is 736. The van der Waals surface area contributed by atoms with Gasteiger partial charge in [-0.25, -0.2) is 9.07 Å². The summed E-state index contributed by atoms with van der Waals surface area (Å²) in [5, 5.41) is 4.39. The minimum atomic E-state index is -0.309. The molecule has 1 saturated heterocycles. The maximum absolute atomic E-state index is 13.4. The van der Waals surface area contributed by atoms with E-state index in [0.29, 0.717) is 23.3 Å². The van der Waals surface area contributed by atoms with Crippen LogP contribution in [0.25, 0.3) is 5.69 Å². The molecule has 1 aromatic heterocycles. The van der Waals surface area contributed by atoms with Gasteiger partial charge in [-0.05, 0) is 55.9 Å². The second kappa shape index (κ2) is 6.38. The van der Waals surface area contributed by atoms with Crippen LogP contribution in [0.2, 0.25) is 0 Å². The summed E-state index contributed by atoms with van der Waals surface area (Å²) in [5.74, 6) is 0.359. The molecule has 1 amide bonds. The van der Waals surface area contributed by atoms with Crippen LogP contribution in [0.3, 0.4) is 0 Å². The maximum atomic E-state index is 13.4. The van der Waals surface area contributed by atoms with E-state index in [9.17, 15) is 9.18 Å². The van der Waals surface area contributed by atoms with E-state index in [1.807, 2.05) is 4.90 Å². The minimum absolute atomic E-state index is 0.0135. The molecule has 1 aliphatic carbocycles. The molecule has 4 nitrogen and oxygen atoms in total. The zero-order valence-corrected chi connectivity index (χ0v) is 13.7. The lowest BCUT2D eigenvalue weighted by atomic mass is 9.96. The lowest BCUT2D eigenvalue weighted by molar-refractivity contribution is 0.0682. The summed E-state index contributed by atoms with van der Waals surface area (Å²) < 4.78 is 14.9. The van der Waals surface area contributed by atoms with Gasteiger partial charge in [0.2, 0.25) is 0 Å². The third-order valence-corrected chi connectivity index (χ3v) is 5.39. The van der Waals surface area contributed by atoms with Crippen LogP contribution in [0.1, 0.15) is 49.0 Å². The van der Waals surface area contributed by atoms with Gasteiger partial charge in [-0.3, -0.25) is 4.79 Å². The molecule has 0 bridgehead atoms. The zero-order valence-electron chi connectivity index (χ0n) is 13.7. The van der Waals surface area contributed by atoms with Crippen LogP contribution in [0, 0.1) is 11.7 Å². The fraction of sp³-hybridized carbons (Fsp3) is 0.474. The van der Waals surface area contributed by atoms with Gasteiger partial charge in [-0.2, -0.15) is 5.10 Å². The Hall–Kier alpha value is -2.17. The highest BCUT2D eigenvalue weighted by Crippen LogP contribution is 2.35. The Morgan fingerprint density at radius 3 is 2.75 bits per heavy atom. The number of rotatable bonds is 3. The van der Waals surface area contributed by atoms with Crippen LogP contribution in [0.15, 0.2) is 36.5 Å². The number of carbonyl (C=O) groups excluding carboxylic acids is 1. The Morgan fingerprint density at radius 2 is 1.96 bits per heavy atom. The molecule has 126 valence electrons. The van der Waals surface area contributed by atoms with E-state index in [4.69, 9.17) is 0 Å². The first-order valence-corrected chi connectivity index (χ1v) is 8.85. The molecule has 0 N–H and O–H groups in total. The molecule has 2 aliphatic rings. The Morgan fingerprint density at radius 1 is 1.12 bits per heavy atom. The largest absolute Gasteiger partial charge is 0.334 e. The topological polar surface area (TPSA) is 38.1 Å². The third kappa shape index (κ3) is 2.83. The van der Waals surface area contributed by atoms with Crippen molar-refractivity contribution in [3.8, 4) is 5.69 Å². The molecular weight excluding hydrogens is 305 g/mol. The SMILES string of the molecule is O=C(c1ccn(-c2cccc(F)c2)n1)N1CCCC1C1CCCC1. The zero-order chi connectivity index (χ0) is 16.5. The monoisotopic (exact) mass is 327 g/mol. The molecule has 1 unspecified atom stereocenters. The van der Waals surface area contributed by atoms with E-state index in [0.717, 1.165) is 19.4 Å². The molecule has 5 heteroatoms. The summed E-state index contributed by atoms with van der Waals surface area (Å²) in [6.07, 6.45) is 8.98. The average molecular weight is 327 g/mol. The number of carbonyl (C=O) groups is 1. The lowest BCUT2D eigenvalue weighted by Gasteiger charge is -2.28. The van der Waals surface area contributed by atoms with E-state index < -0.39 is 0 Å². The summed E-state index contributed by atoms with van der Waals surface area (Å²) >= 11 is 0. The third-order valence-electron chi connectivity index (χ3n) is 5.39. The van der Waals surface area contributed by atoms with Gasteiger partial charge < -0.3 is 4.90 Å². The molecule has 1 aromatic carbocycles. The van der Waals surface area contributed by atoms with E-state index in [1.54, 1.807) is 29.1 Å². The lowest BCUT2D eigenvalue weighted by Crippen LogP contribution is -2.39. The van der Waals surface area contributed by atoms with Gasteiger partial charge >= 0.3 is 0 Å². The van der Waals surface area contributed by atoms with Crippen molar-refractivity contribution in [2.45, 2.75) is 44.6 Å². The second-order valence-corrected chi connectivity index (χ2v) is 6.88. The van der Waals surface area contributed by atoms with E-state index in [2.05, 4.69) is 5.10 Å². The predicted molar refractivity (Wildman–Crippen MR) is 89.5 cm³/mol. The Labute approximate surface area is 141 Å². The van der Waals surface area contributed by atoms with Crippen LogP contribution >= 0.6 is 0 Å². The van der Waals surface area contributed by atoms with E-state index in [1.165, 1.54) is 37.8 Å². The average Bonchev–Trinajstić information content (AvgIpc) is 3.33. The van der Waals surface area contributed by atoms with Gasteiger partial charge in [-0.15, -0.1) is 0 Å².